The summed E-state index contributed by atoms with van der Waals surface area (Å²) in [7, 11) is 0. The maximum atomic E-state index is 8.58. The summed E-state index contributed by atoms with van der Waals surface area (Å²) in [5.74, 6) is 0. The zero-order valence-corrected chi connectivity index (χ0v) is 11.8. The molecule has 0 aliphatic carbocycles. The summed E-state index contributed by atoms with van der Waals surface area (Å²) in [5, 5.41) is 8.58. The Morgan fingerprint density at radius 2 is 1.81 bits per heavy atom. The molecule has 0 radical (unpaired) electrons. The van der Waals surface area contributed by atoms with Gasteiger partial charge in [0.1, 0.15) is 6.07 Å². The Morgan fingerprint density at radius 1 is 1.31 bits per heavy atom. The largest absolute Gasteiger partial charge is 0.220 e. The second-order valence-electron chi connectivity index (χ2n) is 5.35. The zero-order chi connectivity index (χ0) is 12.4. The highest BCUT2D eigenvalue weighted by molar-refractivity contribution is 7.96. The van der Waals surface area contributed by atoms with Gasteiger partial charge in [-0.1, -0.05) is 0 Å². The van der Waals surface area contributed by atoms with Crippen LogP contribution >= 0.6 is 23.7 Å². The van der Waals surface area contributed by atoms with Gasteiger partial charge in [-0.3, -0.25) is 0 Å². The lowest BCUT2D eigenvalue weighted by Gasteiger charge is -2.50. The molecule has 5 heteroatoms. The molecule has 16 heavy (non-hydrogen) atoms. The van der Waals surface area contributed by atoms with Crippen molar-refractivity contribution in [3.8, 4) is 6.07 Å². The molecule has 0 aromatic rings. The molecule has 0 amide bonds. The van der Waals surface area contributed by atoms with Gasteiger partial charge in [-0.25, -0.2) is 4.31 Å². The normalized spacial score (nSPS) is 25.1. The fourth-order valence-electron chi connectivity index (χ4n) is 2.29. The molecule has 1 aliphatic rings. The average Bonchev–Trinajstić information content (AvgIpc) is 2.14. The van der Waals surface area contributed by atoms with Crippen LogP contribution in [0.15, 0.2) is 4.40 Å². The van der Waals surface area contributed by atoms with Crippen molar-refractivity contribution in [1.82, 2.24) is 4.31 Å². The van der Waals surface area contributed by atoms with E-state index in [-0.39, 0.29) is 16.2 Å². The number of piperidine rings is 1. The number of nitriles is 1. The molecular weight excluding hydrogens is 242 g/mol. The van der Waals surface area contributed by atoms with Crippen LogP contribution in [0.1, 0.15) is 47.0 Å². The Bertz CT molecular complexity index is 315. The average molecular weight is 260 g/mol. The molecule has 1 fully saturated rings. The van der Waals surface area contributed by atoms with Crippen LogP contribution in [0.5, 0.6) is 0 Å². The molecule has 0 aromatic heterocycles. The zero-order valence-electron chi connectivity index (χ0n) is 10.2. The number of hydrogen-bond acceptors (Lipinski definition) is 4. The molecule has 0 saturated carbocycles. The van der Waals surface area contributed by atoms with Gasteiger partial charge in [0.05, 0.1) is 12.1 Å². The van der Waals surface area contributed by atoms with Crippen molar-refractivity contribution in [2.75, 3.05) is 0 Å². The molecule has 0 spiro atoms. The van der Waals surface area contributed by atoms with Gasteiger partial charge in [0.15, 0.2) is 0 Å². The first kappa shape index (κ1) is 13.8. The molecule has 0 bridgehead atoms. The van der Waals surface area contributed by atoms with Crippen LogP contribution in [0.2, 0.25) is 0 Å². The van der Waals surface area contributed by atoms with Gasteiger partial charge in [0.2, 0.25) is 5.17 Å². The lowest BCUT2D eigenvalue weighted by atomic mass is 9.83. The van der Waals surface area contributed by atoms with Gasteiger partial charge in [-0.2, -0.15) is 9.66 Å². The maximum absolute atomic E-state index is 8.58. The predicted octanol–water partition coefficient (Wildman–Crippen LogP) is 3.75. The van der Waals surface area contributed by atoms with Crippen molar-refractivity contribution in [3.05, 3.63) is 0 Å². The highest BCUT2D eigenvalue weighted by Crippen LogP contribution is 2.43. The smallest absolute Gasteiger partial charge is 0.215 e. The third-order valence-corrected chi connectivity index (χ3v) is 4.66. The summed E-state index contributed by atoms with van der Waals surface area (Å²) in [6.45, 7) is 8.82. The SMILES string of the molecule is CC1(C)CCCC(C)(C)N1S/N=C(/Cl)C#N. The minimum absolute atomic E-state index is 0.00201. The van der Waals surface area contributed by atoms with Crippen molar-refractivity contribution < 1.29 is 0 Å². The Morgan fingerprint density at radius 3 is 2.25 bits per heavy atom. The first-order valence-electron chi connectivity index (χ1n) is 5.41. The summed E-state index contributed by atoms with van der Waals surface area (Å²) in [5.41, 5.74) is 0.172. The number of rotatable bonds is 2. The lowest BCUT2D eigenvalue weighted by molar-refractivity contribution is 0.0678. The third-order valence-electron chi connectivity index (χ3n) is 2.97. The van der Waals surface area contributed by atoms with Crippen molar-refractivity contribution in [3.63, 3.8) is 0 Å². The molecule has 90 valence electrons. The van der Waals surface area contributed by atoms with E-state index in [1.54, 1.807) is 0 Å². The van der Waals surface area contributed by atoms with Crippen LogP contribution in [0.4, 0.5) is 0 Å². The first-order chi connectivity index (χ1) is 7.29. The standard InChI is InChI=1S/C11H18ClN3S/c1-10(2)6-5-7-11(3,4)15(10)16-14-9(12)8-13/h5-7H2,1-4H3/b14-9+. The van der Waals surface area contributed by atoms with Crippen LogP contribution in [-0.2, 0) is 0 Å². The van der Waals surface area contributed by atoms with E-state index < -0.39 is 0 Å². The van der Waals surface area contributed by atoms with Crippen molar-refractivity contribution in [2.45, 2.75) is 58.0 Å². The minimum Gasteiger partial charge on any atom is -0.220 e. The molecule has 1 heterocycles. The molecular formula is C11H18ClN3S. The minimum atomic E-state index is 0.00201. The van der Waals surface area contributed by atoms with E-state index >= 15 is 0 Å². The number of halogens is 1. The fourth-order valence-corrected chi connectivity index (χ4v) is 3.21. The van der Waals surface area contributed by atoms with Gasteiger partial charge in [-0.15, -0.1) is 0 Å². The van der Waals surface area contributed by atoms with Crippen molar-refractivity contribution in [1.29, 1.82) is 5.26 Å². The molecule has 0 unspecified atom stereocenters. The second kappa shape index (κ2) is 4.95. The Balaban J connectivity index is 2.84. The van der Waals surface area contributed by atoms with Gasteiger partial charge in [-0.05, 0) is 58.6 Å². The first-order valence-corrected chi connectivity index (χ1v) is 6.51. The van der Waals surface area contributed by atoms with Gasteiger partial charge >= 0.3 is 0 Å². The fraction of sp³-hybridized carbons (Fsp3) is 0.818. The quantitative estimate of drug-likeness (QED) is 0.560. The maximum Gasteiger partial charge on any atom is 0.215 e. The van der Waals surface area contributed by atoms with E-state index in [0.29, 0.717) is 0 Å². The predicted molar refractivity (Wildman–Crippen MR) is 70.3 cm³/mol. The molecule has 0 atom stereocenters. The third kappa shape index (κ3) is 3.13. The molecule has 0 aromatic carbocycles. The summed E-state index contributed by atoms with van der Waals surface area (Å²) in [6.07, 6.45) is 3.51. The molecule has 3 nitrogen and oxygen atoms in total. The van der Waals surface area contributed by atoms with Crippen LogP contribution < -0.4 is 0 Å². The van der Waals surface area contributed by atoms with Gasteiger partial charge in [0.25, 0.3) is 0 Å². The van der Waals surface area contributed by atoms with E-state index in [2.05, 4.69) is 36.4 Å². The Kier molecular flexibility index (Phi) is 4.28. The topological polar surface area (TPSA) is 39.4 Å². The highest BCUT2D eigenvalue weighted by Gasteiger charge is 2.42. The van der Waals surface area contributed by atoms with E-state index in [4.69, 9.17) is 16.9 Å². The van der Waals surface area contributed by atoms with Crippen LogP contribution in [-0.4, -0.2) is 20.6 Å². The van der Waals surface area contributed by atoms with Crippen LogP contribution in [0.25, 0.3) is 0 Å². The summed E-state index contributed by atoms with van der Waals surface area (Å²) >= 11 is 6.92. The highest BCUT2D eigenvalue weighted by atomic mass is 35.5. The Labute approximate surface area is 107 Å². The molecule has 1 saturated heterocycles. The summed E-state index contributed by atoms with van der Waals surface area (Å²) in [4.78, 5) is 0. The number of hydrogen-bond donors (Lipinski definition) is 0. The molecule has 1 aliphatic heterocycles. The van der Waals surface area contributed by atoms with Crippen LogP contribution in [0, 0.1) is 11.3 Å². The van der Waals surface area contributed by atoms with Crippen LogP contribution in [0.3, 0.4) is 0 Å². The lowest BCUT2D eigenvalue weighted by Crippen LogP contribution is -2.54. The number of nitrogens with zero attached hydrogens (tertiary/aromatic N) is 3. The molecule has 0 N–H and O–H groups in total. The van der Waals surface area contributed by atoms with Crippen molar-refractivity contribution >= 4 is 28.9 Å². The van der Waals surface area contributed by atoms with E-state index in [9.17, 15) is 0 Å². The Hall–Kier alpha value is -0.240. The summed E-state index contributed by atoms with van der Waals surface area (Å²) < 4.78 is 6.27. The van der Waals surface area contributed by atoms with Gasteiger partial charge in [0, 0.05) is 11.1 Å². The van der Waals surface area contributed by atoms with E-state index in [1.165, 1.54) is 18.6 Å². The second-order valence-corrected chi connectivity index (χ2v) is 6.42. The molecule has 1 rings (SSSR count). The van der Waals surface area contributed by atoms with E-state index in [0.717, 1.165) is 12.8 Å². The van der Waals surface area contributed by atoms with Gasteiger partial charge < -0.3 is 0 Å². The van der Waals surface area contributed by atoms with E-state index in [1.807, 2.05) is 6.07 Å². The monoisotopic (exact) mass is 259 g/mol. The van der Waals surface area contributed by atoms with Crippen molar-refractivity contribution in [2.24, 2.45) is 4.40 Å². The summed E-state index contributed by atoms with van der Waals surface area (Å²) in [6, 6.07) is 1.83.